The second-order valence-corrected chi connectivity index (χ2v) is 13.5. The molecule has 2 N–H and O–H groups in total. The number of carboxylic acid groups (broad SMARTS) is 2. The van der Waals surface area contributed by atoms with Crippen LogP contribution in [0.2, 0.25) is 0 Å². The van der Waals surface area contributed by atoms with E-state index in [1.165, 1.54) is 89.2 Å². The molecule has 0 saturated heterocycles. The molecule has 0 radical (unpaired) electrons. The first-order valence-electron chi connectivity index (χ1n) is 16.9. The minimum atomic E-state index is -1.14. The second kappa shape index (κ2) is 22.2. The zero-order valence-corrected chi connectivity index (χ0v) is 32.0. The van der Waals surface area contributed by atoms with Crippen molar-refractivity contribution in [1.82, 2.24) is 0 Å². The van der Waals surface area contributed by atoms with Gasteiger partial charge in [-0.3, -0.25) is 0 Å². The van der Waals surface area contributed by atoms with Crippen molar-refractivity contribution in [3.63, 3.8) is 0 Å². The topological polar surface area (TPSA) is 121 Å². The van der Waals surface area contributed by atoms with E-state index >= 15 is 0 Å². The summed E-state index contributed by atoms with van der Waals surface area (Å²) in [5.74, 6) is -2.94. The molecule has 6 nitrogen and oxygen atoms in total. The third-order valence-electron chi connectivity index (χ3n) is 8.76. The number of benzene rings is 2. The zero-order valence-electron chi connectivity index (χ0n) is 29.0. The van der Waals surface area contributed by atoms with Gasteiger partial charge in [0.1, 0.15) is 0 Å². The molecule has 0 unspecified atom stereocenters. The SMILES string of the molecule is CCCCCCCCCC(C)(C)c1cccc(C(=O)O)c1[O-].CCCCCCCCCC(C)(C)c1cccc(C(=O)O)c1[O-].[Zn+2]. The van der Waals surface area contributed by atoms with Gasteiger partial charge >= 0.3 is 31.4 Å². The molecule has 0 spiro atoms. The minimum absolute atomic E-state index is 0. The van der Waals surface area contributed by atoms with Crippen LogP contribution in [0.5, 0.6) is 11.5 Å². The van der Waals surface area contributed by atoms with Gasteiger partial charge in [-0.15, -0.1) is 0 Å². The van der Waals surface area contributed by atoms with Crippen LogP contribution in [-0.2, 0) is 30.3 Å². The number of carboxylic acids is 2. The molecule has 0 atom stereocenters. The number of unbranched alkanes of at least 4 members (excludes halogenated alkanes) is 12. The van der Waals surface area contributed by atoms with E-state index in [1.54, 1.807) is 24.3 Å². The molecule has 45 heavy (non-hydrogen) atoms. The van der Waals surface area contributed by atoms with Crippen LogP contribution in [0.1, 0.15) is 176 Å². The first-order chi connectivity index (χ1) is 20.8. The van der Waals surface area contributed by atoms with Gasteiger partial charge in [-0.1, -0.05) is 167 Å². The molecule has 7 heteroatoms. The normalized spacial score (nSPS) is 11.3. The molecule has 0 saturated carbocycles. The molecular formula is C38H58O6Zn. The largest absolute Gasteiger partial charge is 2.00 e. The van der Waals surface area contributed by atoms with Crippen LogP contribution in [0.15, 0.2) is 36.4 Å². The summed E-state index contributed by atoms with van der Waals surface area (Å²) < 4.78 is 0. The molecule has 0 aliphatic heterocycles. The van der Waals surface area contributed by atoms with E-state index in [2.05, 4.69) is 13.8 Å². The van der Waals surface area contributed by atoms with Crippen molar-refractivity contribution in [2.24, 2.45) is 0 Å². The predicted molar refractivity (Wildman–Crippen MR) is 177 cm³/mol. The van der Waals surface area contributed by atoms with E-state index < -0.39 is 11.9 Å². The maximum absolute atomic E-state index is 12.3. The van der Waals surface area contributed by atoms with Crippen LogP contribution in [-0.4, -0.2) is 22.2 Å². The Morgan fingerprint density at radius 3 is 1.13 bits per heavy atom. The Bertz CT molecular complexity index is 1050. The summed E-state index contributed by atoms with van der Waals surface area (Å²) in [6.07, 6.45) is 19.2. The van der Waals surface area contributed by atoms with Crippen LogP contribution < -0.4 is 10.2 Å². The molecule has 0 aliphatic carbocycles. The van der Waals surface area contributed by atoms with Crippen LogP contribution in [0.25, 0.3) is 0 Å². The fraction of sp³-hybridized carbons (Fsp3) is 0.632. The minimum Gasteiger partial charge on any atom is -0.872 e. The fourth-order valence-electron chi connectivity index (χ4n) is 5.79. The summed E-state index contributed by atoms with van der Waals surface area (Å²) in [5, 5.41) is 42.7. The Morgan fingerprint density at radius 2 is 0.844 bits per heavy atom. The maximum Gasteiger partial charge on any atom is 2.00 e. The van der Waals surface area contributed by atoms with Crippen molar-refractivity contribution in [2.45, 2.75) is 155 Å². The van der Waals surface area contributed by atoms with E-state index in [1.807, 2.05) is 27.7 Å². The van der Waals surface area contributed by atoms with E-state index in [0.717, 1.165) is 25.7 Å². The van der Waals surface area contributed by atoms with Gasteiger partial charge in [0.15, 0.2) is 0 Å². The van der Waals surface area contributed by atoms with E-state index in [-0.39, 0.29) is 52.9 Å². The molecule has 2 aromatic carbocycles. The maximum atomic E-state index is 12.3. The number of rotatable bonds is 20. The molecular weight excluding hydrogens is 618 g/mol. The van der Waals surface area contributed by atoms with Gasteiger partial charge in [0.25, 0.3) is 0 Å². The Balaban J connectivity index is 0.000000842. The molecule has 248 valence electrons. The summed E-state index contributed by atoms with van der Waals surface area (Å²) in [5.41, 5.74) is 0.463. The monoisotopic (exact) mass is 674 g/mol. The molecule has 0 bridgehead atoms. The summed E-state index contributed by atoms with van der Waals surface area (Å²) >= 11 is 0. The van der Waals surface area contributed by atoms with Crippen LogP contribution in [0.4, 0.5) is 0 Å². The van der Waals surface area contributed by atoms with Gasteiger partial charge in [0.2, 0.25) is 0 Å². The standard InChI is InChI=1S/2C19H30O3.Zn/c2*1-4-5-6-7-8-9-10-14-19(2,3)16-13-11-12-15(17(16)20)18(21)22;/h2*11-13,20H,4-10,14H2,1-3H3,(H,21,22);/q;;+2/p-2. The smallest absolute Gasteiger partial charge is 0.872 e. The van der Waals surface area contributed by atoms with Gasteiger partial charge in [-0.2, -0.15) is 0 Å². The van der Waals surface area contributed by atoms with E-state index in [9.17, 15) is 19.8 Å². The van der Waals surface area contributed by atoms with Gasteiger partial charge in [0, 0.05) is 0 Å². The second-order valence-electron chi connectivity index (χ2n) is 13.5. The number of aromatic carboxylic acids is 2. The average Bonchev–Trinajstić information content (AvgIpc) is 2.96. The van der Waals surface area contributed by atoms with Crippen molar-refractivity contribution in [3.05, 3.63) is 58.7 Å². The van der Waals surface area contributed by atoms with Gasteiger partial charge in [0.05, 0.1) is 11.1 Å². The molecule has 2 aromatic rings. The number of hydrogen-bond donors (Lipinski definition) is 2. The number of carbonyl (C=O) groups is 2. The van der Waals surface area contributed by atoms with Crippen molar-refractivity contribution in [2.75, 3.05) is 0 Å². The Morgan fingerprint density at radius 1 is 0.556 bits per heavy atom. The number of hydrogen-bond acceptors (Lipinski definition) is 4. The fourth-order valence-corrected chi connectivity index (χ4v) is 5.79. The number of para-hydroxylation sites is 2. The Hall–Kier alpha value is -2.40. The molecule has 2 rings (SSSR count). The molecule has 0 amide bonds. The quantitative estimate of drug-likeness (QED) is 0.106. The van der Waals surface area contributed by atoms with Gasteiger partial charge in [-0.05, 0) is 46.9 Å². The van der Waals surface area contributed by atoms with Crippen molar-refractivity contribution in [1.29, 1.82) is 0 Å². The summed E-state index contributed by atoms with van der Waals surface area (Å²) in [4.78, 5) is 22.2. The molecule has 0 aromatic heterocycles. The van der Waals surface area contributed by atoms with Crippen molar-refractivity contribution in [3.8, 4) is 11.5 Å². The van der Waals surface area contributed by atoms with Crippen LogP contribution >= 0.6 is 0 Å². The van der Waals surface area contributed by atoms with Gasteiger partial charge < -0.3 is 20.4 Å². The Labute approximate surface area is 285 Å². The summed E-state index contributed by atoms with van der Waals surface area (Å²) in [7, 11) is 0. The van der Waals surface area contributed by atoms with Gasteiger partial charge in [-0.25, -0.2) is 9.59 Å². The third-order valence-corrected chi connectivity index (χ3v) is 8.76. The predicted octanol–water partition coefficient (Wildman–Crippen LogP) is 9.75. The van der Waals surface area contributed by atoms with Crippen molar-refractivity contribution >= 4 is 11.9 Å². The molecule has 0 aliphatic rings. The first kappa shape index (κ1) is 42.6. The average molecular weight is 676 g/mol. The first-order valence-corrected chi connectivity index (χ1v) is 16.9. The zero-order chi connectivity index (χ0) is 33.2. The summed E-state index contributed by atoms with van der Waals surface area (Å²) in [6.45, 7) is 12.6. The van der Waals surface area contributed by atoms with Crippen LogP contribution in [0.3, 0.4) is 0 Å². The molecule has 0 fully saturated rings. The van der Waals surface area contributed by atoms with Crippen LogP contribution in [0, 0.1) is 0 Å². The van der Waals surface area contributed by atoms with Crippen molar-refractivity contribution < 1.29 is 49.5 Å². The summed E-state index contributed by atoms with van der Waals surface area (Å²) in [6, 6.07) is 9.67. The Kier molecular flexibility index (Phi) is 21.0. The van der Waals surface area contributed by atoms with E-state index in [4.69, 9.17) is 10.2 Å². The third kappa shape index (κ3) is 15.2. The van der Waals surface area contributed by atoms with E-state index in [0.29, 0.717) is 11.1 Å². The molecule has 0 heterocycles.